The lowest BCUT2D eigenvalue weighted by Gasteiger charge is -2.60. The van der Waals surface area contributed by atoms with Gasteiger partial charge in [-0.25, -0.2) is 0 Å². The van der Waals surface area contributed by atoms with Crippen LogP contribution >= 0.6 is 0 Å². The Bertz CT molecular complexity index is 630. The van der Waals surface area contributed by atoms with Gasteiger partial charge in [-0.1, -0.05) is 25.0 Å². The Morgan fingerprint density at radius 2 is 1.88 bits per heavy atom. The first-order chi connectivity index (χ1) is 12.8. The van der Waals surface area contributed by atoms with Crippen molar-refractivity contribution in [2.75, 3.05) is 26.7 Å². The molecule has 3 nitrogen and oxygen atoms in total. The standard InChI is InChI=1S/C23H34N2O/c1-26-19-8-6-7-17(13-19)14-23-20-15-18(21-9-3-5-12-25(21)23)16-24-11-4-2-10-22(20)24/h6-8,13,18,20-23H,2-5,9-12,14-16H2,1H3/t18-,20+,21-,22+,23?/m0/s1. The molecule has 0 aromatic heterocycles. The molecular weight excluding hydrogens is 320 g/mol. The number of rotatable bonds is 3. The first-order valence-corrected chi connectivity index (χ1v) is 11.0. The monoisotopic (exact) mass is 354 g/mol. The number of hydrogen-bond acceptors (Lipinski definition) is 3. The maximum atomic E-state index is 5.50. The van der Waals surface area contributed by atoms with Gasteiger partial charge < -0.3 is 4.74 Å². The second-order valence-electron chi connectivity index (χ2n) is 9.14. The van der Waals surface area contributed by atoms with Gasteiger partial charge in [0, 0.05) is 24.7 Å². The van der Waals surface area contributed by atoms with Gasteiger partial charge in [0.1, 0.15) is 5.75 Å². The summed E-state index contributed by atoms with van der Waals surface area (Å²) in [6.07, 6.45) is 11.3. The third-order valence-electron chi connectivity index (χ3n) is 7.84. The Hall–Kier alpha value is -1.06. The molecule has 1 unspecified atom stereocenters. The Morgan fingerprint density at radius 3 is 2.77 bits per heavy atom. The van der Waals surface area contributed by atoms with E-state index in [9.17, 15) is 0 Å². The van der Waals surface area contributed by atoms with Crippen molar-refractivity contribution in [2.24, 2.45) is 11.8 Å². The van der Waals surface area contributed by atoms with Crippen LogP contribution in [0.1, 0.15) is 50.5 Å². The Balaban J connectivity index is 1.45. The second-order valence-corrected chi connectivity index (χ2v) is 9.14. The molecule has 5 rings (SSSR count). The summed E-state index contributed by atoms with van der Waals surface area (Å²) in [6, 6.07) is 11.3. The molecule has 4 fully saturated rings. The molecule has 0 spiro atoms. The molecule has 26 heavy (non-hydrogen) atoms. The number of methoxy groups -OCH3 is 1. The summed E-state index contributed by atoms with van der Waals surface area (Å²) in [5.74, 6) is 2.81. The van der Waals surface area contributed by atoms with E-state index in [1.807, 2.05) is 0 Å². The minimum atomic E-state index is 0.731. The largest absolute Gasteiger partial charge is 0.497 e. The molecule has 5 atom stereocenters. The molecule has 1 aromatic carbocycles. The fourth-order valence-corrected chi connectivity index (χ4v) is 6.76. The molecule has 0 saturated carbocycles. The maximum Gasteiger partial charge on any atom is 0.119 e. The summed E-state index contributed by atoms with van der Waals surface area (Å²) in [7, 11) is 1.78. The number of piperidine rings is 4. The topological polar surface area (TPSA) is 15.7 Å². The molecule has 0 radical (unpaired) electrons. The third-order valence-corrected chi connectivity index (χ3v) is 7.84. The van der Waals surface area contributed by atoms with Crippen LogP contribution < -0.4 is 4.74 Å². The Labute approximate surface area is 158 Å². The summed E-state index contributed by atoms with van der Waals surface area (Å²) in [5, 5.41) is 0. The average Bonchev–Trinajstić information content (AvgIpc) is 2.71. The van der Waals surface area contributed by atoms with Gasteiger partial charge in [-0.3, -0.25) is 9.80 Å². The Morgan fingerprint density at radius 1 is 1.04 bits per heavy atom. The zero-order chi connectivity index (χ0) is 17.5. The van der Waals surface area contributed by atoms with Crippen LogP contribution in [0.25, 0.3) is 0 Å². The van der Waals surface area contributed by atoms with Gasteiger partial charge in [0.15, 0.2) is 0 Å². The molecule has 0 aliphatic carbocycles. The van der Waals surface area contributed by atoms with E-state index in [-0.39, 0.29) is 0 Å². The van der Waals surface area contributed by atoms with Crippen molar-refractivity contribution in [1.82, 2.24) is 9.80 Å². The fourth-order valence-electron chi connectivity index (χ4n) is 6.76. The molecule has 3 heteroatoms. The smallest absolute Gasteiger partial charge is 0.119 e. The van der Waals surface area contributed by atoms with Crippen molar-refractivity contribution < 1.29 is 4.74 Å². The molecule has 4 aliphatic rings. The highest BCUT2D eigenvalue weighted by Crippen LogP contribution is 2.46. The first-order valence-electron chi connectivity index (χ1n) is 11.0. The van der Waals surface area contributed by atoms with Crippen LogP contribution in [0.4, 0.5) is 0 Å². The summed E-state index contributed by atoms with van der Waals surface area (Å²) < 4.78 is 5.50. The fraction of sp³-hybridized carbons (Fsp3) is 0.739. The summed E-state index contributed by atoms with van der Waals surface area (Å²) in [4.78, 5) is 5.86. The van der Waals surface area contributed by atoms with Gasteiger partial charge >= 0.3 is 0 Å². The zero-order valence-electron chi connectivity index (χ0n) is 16.3. The number of hydrogen-bond donors (Lipinski definition) is 0. The molecule has 4 saturated heterocycles. The van der Waals surface area contributed by atoms with E-state index in [2.05, 4.69) is 34.1 Å². The van der Waals surface area contributed by atoms with E-state index >= 15 is 0 Å². The highest BCUT2D eigenvalue weighted by molar-refractivity contribution is 5.29. The molecule has 2 bridgehead atoms. The van der Waals surface area contributed by atoms with Crippen LogP contribution in [0, 0.1) is 11.8 Å². The SMILES string of the molecule is COc1cccc(CC2[C@@H]3C[C@@H](CN4CCCC[C@H]34)[C@@H]3CCCCN23)c1. The number of fused-ring (bicyclic) bond motifs is 6. The van der Waals surface area contributed by atoms with Gasteiger partial charge in [0.2, 0.25) is 0 Å². The van der Waals surface area contributed by atoms with E-state index in [1.54, 1.807) is 7.11 Å². The zero-order valence-corrected chi connectivity index (χ0v) is 16.3. The van der Waals surface area contributed by atoms with Crippen LogP contribution in [0.5, 0.6) is 5.75 Å². The molecule has 1 aromatic rings. The predicted octanol–water partition coefficient (Wildman–Crippen LogP) is 3.97. The van der Waals surface area contributed by atoms with E-state index in [1.165, 1.54) is 76.6 Å². The quantitative estimate of drug-likeness (QED) is 0.817. The number of benzene rings is 1. The number of nitrogens with zero attached hydrogens (tertiary/aromatic N) is 2. The summed E-state index contributed by atoms with van der Waals surface area (Å²) in [6.45, 7) is 4.07. The maximum absolute atomic E-state index is 5.50. The van der Waals surface area contributed by atoms with Crippen LogP contribution in [0.15, 0.2) is 24.3 Å². The van der Waals surface area contributed by atoms with E-state index in [4.69, 9.17) is 4.74 Å². The van der Waals surface area contributed by atoms with Crippen molar-refractivity contribution in [1.29, 1.82) is 0 Å². The van der Waals surface area contributed by atoms with Crippen molar-refractivity contribution in [3.8, 4) is 5.75 Å². The highest BCUT2D eigenvalue weighted by Gasteiger charge is 2.51. The van der Waals surface area contributed by atoms with Crippen molar-refractivity contribution in [3.63, 3.8) is 0 Å². The predicted molar refractivity (Wildman–Crippen MR) is 106 cm³/mol. The lowest BCUT2D eigenvalue weighted by Crippen LogP contribution is -2.67. The van der Waals surface area contributed by atoms with Crippen LogP contribution in [-0.2, 0) is 6.42 Å². The van der Waals surface area contributed by atoms with E-state index in [0.29, 0.717) is 0 Å². The van der Waals surface area contributed by atoms with E-state index < -0.39 is 0 Å². The molecular formula is C23H34N2O. The normalized spacial score (nSPS) is 37.7. The number of ether oxygens (including phenoxy) is 1. The minimum Gasteiger partial charge on any atom is -0.497 e. The molecule has 4 heterocycles. The van der Waals surface area contributed by atoms with Gasteiger partial charge in [-0.2, -0.15) is 0 Å². The van der Waals surface area contributed by atoms with Crippen LogP contribution in [0.3, 0.4) is 0 Å². The van der Waals surface area contributed by atoms with Gasteiger partial charge in [-0.05, 0) is 81.1 Å². The van der Waals surface area contributed by atoms with Crippen molar-refractivity contribution in [2.45, 2.75) is 69.5 Å². The van der Waals surface area contributed by atoms with E-state index in [0.717, 1.165) is 35.7 Å². The Kier molecular flexibility index (Phi) is 4.70. The first kappa shape index (κ1) is 17.1. The van der Waals surface area contributed by atoms with Gasteiger partial charge in [0.05, 0.1) is 7.11 Å². The van der Waals surface area contributed by atoms with Gasteiger partial charge in [0.25, 0.3) is 0 Å². The highest BCUT2D eigenvalue weighted by atomic mass is 16.5. The minimum absolute atomic E-state index is 0.731. The van der Waals surface area contributed by atoms with Gasteiger partial charge in [-0.15, -0.1) is 0 Å². The van der Waals surface area contributed by atoms with Crippen LogP contribution in [-0.4, -0.2) is 54.7 Å². The molecule has 142 valence electrons. The third kappa shape index (κ3) is 2.97. The molecule has 0 N–H and O–H groups in total. The molecule has 4 aliphatic heterocycles. The van der Waals surface area contributed by atoms with Crippen molar-refractivity contribution >= 4 is 0 Å². The lowest BCUT2D eigenvalue weighted by atomic mass is 9.66. The second kappa shape index (κ2) is 7.16. The summed E-state index contributed by atoms with van der Waals surface area (Å²) >= 11 is 0. The average molecular weight is 355 g/mol. The summed E-state index contributed by atoms with van der Waals surface area (Å²) in [5.41, 5.74) is 1.46. The molecule has 0 amide bonds. The van der Waals surface area contributed by atoms with Crippen molar-refractivity contribution in [3.05, 3.63) is 29.8 Å². The van der Waals surface area contributed by atoms with Crippen LogP contribution in [0.2, 0.25) is 0 Å². The lowest BCUT2D eigenvalue weighted by molar-refractivity contribution is -0.106.